The summed E-state index contributed by atoms with van der Waals surface area (Å²) in [5.74, 6) is 0.616. The maximum atomic E-state index is 6.38. The number of aryl methyl sites for hydroxylation is 1. The Kier molecular flexibility index (Phi) is 4.26. The fourth-order valence-electron chi connectivity index (χ4n) is 3.18. The van der Waals surface area contributed by atoms with E-state index in [0.717, 1.165) is 24.5 Å². The SMILES string of the molecule is Cc1cccc(CN(C)CC2CCC(C)(C)C2N)n1. The van der Waals surface area contributed by atoms with Crippen LogP contribution in [0.2, 0.25) is 0 Å². The number of hydrogen-bond acceptors (Lipinski definition) is 3. The Bertz CT molecular complexity index is 428. The van der Waals surface area contributed by atoms with E-state index in [2.05, 4.69) is 42.9 Å². The molecule has 0 amide bonds. The summed E-state index contributed by atoms with van der Waals surface area (Å²) in [6.45, 7) is 8.60. The molecule has 1 aliphatic rings. The van der Waals surface area contributed by atoms with E-state index in [4.69, 9.17) is 5.73 Å². The van der Waals surface area contributed by atoms with Crippen LogP contribution in [-0.4, -0.2) is 29.5 Å². The summed E-state index contributed by atoms with van der Waals surface area (Å²) in [5.41, 5.74) is 8.91. The minimum Gasteiger partial charge on any atom is -0.327 e. The predicted octanol–water partition coefficient (Wildman–Crippen LogP) is 2.59. The lowest BCUT2D eigenvalue weighted by molar-refractivity contribution is 0.228. The molecule has 0 saturated heterocycles. The topological polar surface area (TPSA) is 42.1 Å². The highest BCUT2D eigenvalue weighted by Gasteiger charge is 2.39. The van der Waals surface area contributed by atoms with Gasteiger partial charge in [0.1, 0.15) is 0 Å². The summed E-state index contributed by atoms with van der Waals surface area (Å²) in [4.78, 5) is 6.92. The van der Waals surface area contributed by atoms with Crippen molar-refractivity contribution >= 4 is 0 Å². The largest absolute Gasteiger partial charge is 0.327 e. The lowest BCUT2D eigenvalue weighted by atomic mass is 9.85. The summed E-state index contributed by atoms with van der Waals surface area (Å²) >= 11 is 0. The molecule has 1 aliphatic carbocycles. The van der Waals surface area contributed by atoms with Gasteiger partial charge in [0.2, 0.25) is 0 Å². The van der Waals surface area contributed by atoms with E-state index < -0.39 is 0 Å². The van der Waals surface area contributed by atoms with Crippen LogP contribution < -0.4 is 5.73 Å². The van der Waals surface area contributed by atoms with Crippen LogP contribution in [0.3, 0.4) is 0 Å². The zero-order valence-corrected chi connectivity index (χ0v) is 12.7. The van der Waals surface area contributed by atoms with Gasteiger partial charge in [0.15, 0.2) is 0 Å². The van der Waals surface area contributed by atoms with E-state index in [-0.39, 0.29) is 0 Å². The van der Waals surface area contributed by atoms with Crippen LogP contribution >= 0.6 is 0 Å². The summed E-state index contributed by atoms with van der Waals surface area (Å²) in [6, 6.07) is 6.54. The summed E-state index contributed by atoms with van der Waals surface area (Å²) in [5, 5.41) is 0. The van der Waals surface area contributed by atoms with Gasteiger partial charge >= 0.3 is 0 Å². The van der Waals surface area contributed by atoms with Gasteiger partial charge in [0.05, 0.1) is 5.69 Å². The number of rotatable bonds is 4. The predicted molar refractivity (Wildman–Crippen MR) is 79.8 cm³/mol. The molecule has 3 heteroatoms. The molecule has 1 aromatic rings. The van der Waals surface area contributed by atoms with Gasteiger partial charge in [-0.1, -0.05) is 19.9 Å². The molecule has 2 rings (SSSR count). The van der Waals surface area contributed by atoms with Crippen molar-refractivity contribution in [2.45, 2.75) is 46.2 Å². The molecule has 106 valence electrons. The molecule has 2 N–H and O–H groups in total. The van der Waals surface area contributed by atoms with Crippen LogP contribution in [0.4, 0.5) is 0 Å². The van der Waals surface area contributed by atoms with E-state index in [1.54, 1.807) is 0 Å². The van der Waals surface area contributed by atoms with Crippen molar-refractivity contribution in [1.82, 2.24) is 9.88 Å². The van der Waals surface area contributed by atoms with Crippen LogP contribution in [0.15, 0.2) is 18.2 Å². The molecule has 3 nitrogen and oxygen atoms in total. The Labute approximate surface area is 117 Å². The van der Waals surface area contributed by atoms with Crippen LogP contribution in [0.25, 0.3) is 0 Å². The monoisotopic (exact) mass is 261 g/mol. The highest BCUT2D eigenvalue weighted by atomic mass is 15.1. The maximum absolute atomic E-state index is 6.38. The minimum atomic E-state index is 0.299. The number of nitrogens with two attached hydrogens (primary N) is 1. The molecule has 1 aromatic heterocycles. The van der Waals surface area contributed by atoms with Gasteiger partial charge in [-0.15, -0.1) is 0 Å². The first-order valence-corrected chi connectivity index (χ1v) is 7.25. The maximum Gasteiger partial charge on any atom is 0.0547 e. The van der Waals surface area contributed by atoms with Gasteiger partial charge in [0.25, 0.3) is 0 Å². The zero-order valence-electron chi connectivity index (χ0n) is 12.7. The molecule has 0 bridgehead atoms. The Morgan fingerprint density at radius 2 is 2.16 bits per heavy atom. The highest BCUT2D eigenvalue weighted by Crippen LogP contribution is 2.40. The second kappa shape index (κ2) is 5.59. The van der Waals surface area contributed by atoms with Crippen LogP contribution in [0, 0.1) is 18.3 Å². The minimum absolute atomic E-state index is 0.299. The Balaban J connectivity index is 1.90. The molecule has 0 aromatic carbocycles. The van der Waals surface area contributed by atoms with Gasteiger partial charge in [0, 0.05) is 24.8 Å². The van der Waals surface area contributed by atoms with Crippen molar-refractivity contribution in [3.63, 3.8) is 0 Å². The van der Waals surface area contributed by atoms with Gasteiger partial charge < -0.3 is 10.6 Å². The molecule has 1 fully saturated rings. The highest BCUT2D eigenvalue weighted by molar-refractivity contribution is 5.09. The molecule has 2 atom stereocenters. The van der Waals surface area contributed by atoms with Crippen molar-refractivity contribution < 1.29 is 0 Å². The summed E-state index contributed by atoms with van der Waals surface area (Å²) in [7, 11) is 2.17. The van der Waals surface area contributed by atoms with Gasteiger partial charge in [-0.3, -0.25) is 4.98 Å². The number of aromatic nitrogens is 1. The molecule has 19 heavy (non-hydrogen) atoms. The van der Waals surface area contributed by atoms with Crippen LogP contribution in [-0.2, 0) is 6.54 Å². The number of nitrogens with zero attached hydrogens (tertiary/aromatic N) is 2. The van der Waals surface area contributed by atoms with Crippen molar-refractivity contribution in [3.8, 4) is 0 Å². The van der Waals surface area contributed by atoms with E-state index >= 15 is 0 Å². The normalized spacial score (nSPS) is 26.0. The smallest absolute Gasteiger partial charge is 0.0547 e. The quantitative estimate of drug-likeness (QED) is 0.906. The third kappa shape index (κ3) is 3.54. The molecule has 0 spiro atoms. The van der Waals surface area contributed by atoms with Gasteiger partial charge in [-0.2, -0.15) is 0 Å². The van der Waals surface area contributed by atoms with Gasteiger partial charge in [-0.05, 0) is 50.3 Å². The number of pyridine rings is 1. The second-order valence-corrected chi connectivity index (χ2v) is 6.78. The Morgan fingerprint density at radius 3 is 2.74 bits per heavy atom. The van der Waals surface area contributed by atoms with E-state index in [1.165, 1.54) is 12.8 Å². The molecule has 1 saturated carbocycles. The second-order valence-electron chi connectivity index (χ2n) is 6.78. The first-order chi connectivity index (χ1) is 8.88. The van der Waals surface area contributed by atoms with Gasteiger partial charge in [-0.25, -0.2) is 0 Å². The van der Waals surface area contributed by atoms with E-state index in [0.29, 0.717) is 17.4 Å². The van der Waals surface area contributed by atoms with Crippen molar-refractivity contribution in [2.75, 3.05) is 13.6 Å². The molecular formula is C16H27N3. The van der Waals surface area contributed by atoms with Crippen LogP contribution in [0.5, 0.6) is 0 Å². The lowest BCUT2D eigenvalue weighted by Crippen LogP contribution is -2.41. The summed E-state index contributed by atoms with van der Waals surface area (Å²) in [6.07, 6.45) is 2.50. The van der Waals surface area contributed by atoms with E-state index in [9.17, 15) is 0 Å². The van der Waals surface area contributed by atoms with Crippen LogP contribution in [0.1, 0.15) is 38.1 Å². The molecule has 1 heterocycles. The fourth-order valence-corrected chi connectivity index (χ4v) is 3.18. The van der Waals surface area contributed by atoms with Crippen molar-refractivity contribution in [1.29, 1.82) is 0 Å². The Hall–Kier alpha value is -0.930. The summed E-state index contributed by atoms with van der Waals surface area (Å²) < 4.78 is 0. The molecule has 2 unspecified atom stereocenters. The fraction of sp³-hybridized carbons (Fsp3) is 0.688. The third-order valence-corrected chi connectivity index (χ3v) is 4.49. The lowest BCUT2D eigenvalue weighted by Gasteiger charge is -2.29. The first-order valence-electron chi connectivity index (χ1n) is 7.25. The van der Waals surface area contributed by atoms with Crippen molar-refractivity contribution in [2.24, 2.45) is 17.1 Å². The molecule has 0 radical (unpaired) electrons. The number of hydrogen-bond donors (Lipinski definition) is 1. The molecule has 0 aliphatic heterocycles. The standard InChI is InChI=1S/C16H27N3/c1-12-6-5-7-14(18-12)11-19(4)10-13-8-9-16(2,3)15(13)17/h5-7,13,15H,8-11,17H2,1-4H3. The van der Waals surface area contributed by atoms with E-state index in [1.807, 2.05) is 13.0 Å². The van der Waals surface area contributed by atoms with Crippen molar-refractivity contribution in [3.05, 3.63) is 29.6 Å². The Morgan fingerprint density at radius 1 is 1.42 bits per heavy atom. The average molecular weight is 261 g/mol. The average Bonchev–Trinajstić information content (AvgIpc) is 2.56. The first kappa shape index (κ1) is 14.5. The third-order valence-electron chi connectivity index (χ3n) is 4.49. The molecular weight excluding hydrogens is 234 g/mol. The zero-order chi connectivity index (χ0) is 14.0.